The molecule has 3 nitrogen and oxygen atoms in total. The highest BCUT2D eigenvalue weighted by atomic mass is 31.2. The smallest absolute Gasteiger partial charge is 0.321 e. The first-order valence-corrected chi connectivity index (χ1v) is 5.51. The van der Waals surface area contributed by atoms with Gasteiger partial charge in [-0.3, -0.25) is 4.57 Å². The van der Waals surface area contributed by atoms with Gasteiger partial charge in [0, 0.05) is 7.11 Å². The van der Waals surface area contributed by atoms with Gasteiger partial charge in [0.25, 0.3) is 0 Å². The Morgan fingerprint density at radius 1 is 1.38 bits per heavy atom. The summed E-state index contributed by atoms with van der Waals surface area (Å²) in [6.07, 6.45) is 0. The van der Waals surface area contributed by atoms with Gasteiger partial charge in [-0.1, -0.05) is 17.7 Å². The van der Waals surface area contributed by atoms with Crippen molar-refractivity contribution in [3.63, 3.8) is 0 Å². The molecule has 0 aromatic heterocycles. The van der Waals surface area contributed by atoms with Crippen LogP contribution in [0.1, 0.15) is 11.1 Å². The van der Waals surface area contributed by atoms with E-state index in [-0.39, 0.29) is 0 Å². The minimum Gasteiger partial charge on any atom is -0.321 e. The molecule has 1 atom stereocenters. The number of hydrogen-bond acceptors (Lipinski definition) is 2. The highest BCUT2D eigenvalue weighted by Gasteiger charge is 2.22. The molecule has 0 aliphatic carbocycles. The zero-order chi connectivity index (χ0) is 10.1. The lowest BCUT2D eigenvalue weighted by Crippen LogP contribution is -2.09. The highest BCUT2D eigenvalue weighted by Crippen LogP contribution is 2.40. The first kappa shape index (κ1) is 10.5. The SMILES string of the molecule is COP(=O)(O)c1ccc(C)cc1C. The van der Waals surface area contributed by atoms with Gasteiger partial charge in [0.2, 0.25) is 0 Å². The van der Waals surface area contributed by atoms with Crippen molar-refractivity contribution in [3.8, 4) is 0 Å². The molecule has 72 valence electrons. The molecule has 1 aromatic rings. The van der Waals surface area contributed by atoms with Gasteiger partial charge < -0.3 is 9.42 Å². The molecular formula is C9H13O3P. The van der Waals surface area contributed by atoms with Crippen LogP contribution in [0.15, 0.2) is 18.2 Å². The first-order valence-electron chi connectivity index (χ1n) is 3.94. The maximum Gasteiger partial charge on any atom is 0.358 e. The lowest BCUT2D eigenvalue weighted by atomic mass is 10.2. The molecule has 0 saturated carbocycles. The first-order chi connectivity index (χ1) is 5.97. The second kappa shape index (κ2) is 3.62. The fourth-order valence-electron chi connectivity index (χ4n) is 1.22. The van der Waals surface area contributed by atoms with E-state index >= 15 is 0 Å². The van der Waals surface area contributed by atoms with E-state index < -0.39 is 7.60 Å². The lowest BCUT2D eigenvalue weighted by Gasteiger charge is -2.11. The Kier molecular flexibility index (Phi) is 2.91. The highest BCUT2D eigenvalue weighted by molar-refractivity contribution is 7.61. The quantitative estimate of drug-likeness (QED) is 0.740. The van der Waals surface area contributed by atoms with Crippen LogP contribution in [0.5, 0.6) is 0 Å². The predicted octanol–water partition coefficient (Wildman–Crippen LogP) is 1.76. The van der Waals surface area contributed by atoms with E-state index in [0.29, 0.717) is 5.30 Å². The van der Waals surface area contributed by atoms with E-state index in [1.807, 2.05) is 13.0 Å². The van der Waals surface area contributed by atoms with Gasteiger partial charge in [0.1, 0.15) is 0 Å². The Balaban J connectivity index is 3.24. The van der Waals surface area contributed by atoms with Crippen LogP contribution < -0.4 is 5.30 Å². The van der Waals surface area contributed by atoms with E-state index in [1.165, 1.54) is 7.11 Å². The topological polar surface area (TPSA) is 46.5 Å². The summed E-state index contributed by atoms with van der Waals surface area (Å²) in [5.74, 6) is 0. The van der Waals surface area contributed by atoms with Crippen LogP contribution >= 0.6 is 7.60 Å². The second-order valence-corrected chi connectivity index (χ2v) is 4.88. The van der Waals surface area contributed by atoms with Crippen LogP contribution in [-0.2, 0) is 9.09 Å². The number of hydrogen-bond donors (Lipinski definition) is 1. The van der Waals surface area contributed by atoms with Gasteiger partial charge in [-0.25, -0.2) is 0 Å². The third-order valence-corrected chi connectivity index (χ3v) is 3.51. The Hall–Kier alpha value is -0.630. The van der Waals surface area contributed by atoms with Crippen LogP contribution in [-0.4, -0.2) is 12.0 Å². The van der Waals surface area contributed by atoms with Crippen molar-refractivity contribution in [1.82, 2.24) is 0 Å². The summed E-state index contributed by atoms with van der Waals surface area (Å²) in [6.45, 7) is 3.73. The molecular weight excluding hydrogens is 187 g/mol. The minimum atomic E-state index is -3.58. The molecule has 0 aliphatic rings. The molecule has 0 fully saturated rings. The summed E-state index contributed by atoms with van der Waals surface area (Å²) in [4.78, 5) is 9.40. The molecule has 0 aliphatic heterocycles. The molecule has 13 heavy (non-hydrogen) atoms. The molecule has 1 aromatic carbocycles. The second-order valence-electron chi connectivity index (χ2n) is 2.99. The van der Waals surface area contributed by atoms with Crippen molar-refractivity contribution < 1.29 is 14.0 Å². The average molecular weight is 200 g/mol. The fraction of sp³-hybridized carbons (Fsp3) is 0.333. The van der Waals surface area contributed by atoms with Crippen LogP contribution in [0.4, 0.5) is 0 Å². The lowest BCUT2D eigenvalue weighted by molar-refractivity contribution is 0.328. The fourth-order valence-corrected chi connectivity index (χ4v) is 2.19. The Bertz CT molecular complexity index is 360. The average Bonchev–Trinajstić information content (AvgIpc) is 2.03. The summed E-state index contributed by atoms with van der Waals surface area (Å²) in [5, 5.41) is 0.376. The molecule has 0 saturated heterocycles. The van der Waals surface area contributed by atoms with Gasteiger partial charge in [0.15, 0.2) is 0 Å². The summed E-state index contributed by atoms with van der Waals surface area (Å²) >= 11 is 0. The molecule has 0 radical (unpaired) electrons. The van der Waals surface area contributed by atoms with Gasteiger partial charge in [-0.05, 0) is 25.5 Å². The molecule has 1 unspecified atom stereocenters. The normalized spacial score (nSPS) is 15.4. The third kappa shape index (κ3) is 2.19. The van der Waals surface area contributed by atoms with Gasteiger partial charge >= 0.3 is 7.60 Å². The van der Waals surface area contributed by atoms with E-state index in [2.05, 4.69) is 4.52 Å². The Morgan fingerprint density at radius 3 is 2.46 bits per heavy atom. The zero-order valence-electron chi connectivity index (χ0n) is 7.94. The van der Waals surface area contributed by atoms with Gasteiger partial charge in [0.05, 0.1) is 5.30 Å². The van der Waals surface area contributed by atoms with E-state index in [0.717, 1.165) is 11.1 Å². The summed E-state index contributed by atoms with van der Waals surface area (Å²) < 4.78 is 16.0. The number of rotatable bonds is 2. The molecule has 0 spiro atoms. The van der Waals surface area contributed by atoms with Crippen molar-refractivity contribution in [2.24, 2.45) is 0 Å². The summed E-state index contributed by atoms with van der Waals surface area (Å²) in [6, 6.07) is 5.29. The predicted molar refractivity (Wildman–Crippen MR) is 52.4 cm³/mol. The molecule has 1 rings (SSSR count). The van der Waals surface area contributed by atoms with Crippen molar-refractivity contribution in [3.05, 3.63) is 29.3 Å². The molecule has 0 heterocycles. The summed E-state index contributed by atoms with van der Waals surface area (Å²) in [7, 11) is -2.35. The van der Waals surface area contributed by atoms with E-state index in [9.17, 15) is 9.46 Å². The summed E-state index contributed by atoms with van der Waals surface area (Å²) in [5.41, 5.74) is 1.85. The van der Waals surface area contributed by atoms with Gasteiger partial charge in [-0.2, -0.15) is 0 Å². The monoisotopic (exact) mass is 200 g/mol. The van der Waals surface area contributed by atoms with Crippen molar-refractivity contribution >= 4 is 12.9 Å². The van der Waals surface area contributed by atoms with Crippen molar-refractivity contribution in [2.75, 3.05) is 7.11 Å². The molecule has 4 heteroatoms. The van der Waals surface area contributed by atoms with E-state index in [4.69, 9.17) is 0 Å². The van der Waals surface area contributed by atoms with Crippen LogP contribution in [0.2, 0.25) is 0 Å². The maximum atomic E-state index is 11.4. The third-order valence-electron chi connectivity index (χ3n) is 1.90. The Labute approximate surface area is 77.9 Å². The maximum absolute atomic E-state index is 11.4. The van der Waals surface area contributed by atoms with Gasteiger partial charge in [-0.15, -0.1) is 0 Å². The van der Waals surface area contributed by atoms with Crippen molar-refractivity contribution in [1.29, 1.82) is 0 Å². The largest absolute Gasteiger partial charge is 0.358 e. The van der Waals surface area contributed by atoms with Crippen molar-refractivity contribution in [2.45, 2.75) is 13.8 Å². The van der Waals surface area contributed by atoms with Crippen LogP contribution in [0, 0.1) is 13.8 Å². The molecule has 0 amide bonds. The standard InChI is InChI=1S/C9H13O3P/c1-7-4-5-9(8(2)6-7)13(10,11)12-3/h4-6H,1-3H3,(H,10,11). The number of aryl methyl sites for hydroxylation is 2. The minimum absolute atomic E-state index is 0.376. The Morgan fingerprint density at radius 2 is 2.00 bits per heavy atom. The molecule has 1 N–H and O–H groups in total. The molecule has 0 bridgehead atoms. The number of benzene rings is 1. The van der Waals surface area contributed by atoms with Crippen LogP contribution in [0.3, 0.4) is 0 Å². The van der Waals surface area contributed by atoms with E-state index in [1.54, 1.807) is 19.1 Å². The zero-order valence-corrected chi connectivity index (χ0v) is 8.84. The van der Waals surface area contributed by atoms with Crippen LogP contribution in [0.25, 0.3) is 0 Å².